The molecular formula is C14H13BrN2O. The highest BCUT2D eigenvalue weighted by Gasteiger charge is 2.09. The second-order valence-electron chi connectivity index (χ2n) is 4.11. The first-order valence-electron chi connectivity index (χ1n) is 5.56. The number of carbonyl (C=O) groups excluding carboxylic acids is 1. The van der Waals surface area contributed by atoms with Gasteiger partial charge in [-0.2, -0.15) is 0 Å². The molecule has 0 aliphatic heterocycles. The molecule has 1 heterocycles. The Hall–Kier alpha value is -1.68. The van der Waals surface area contributed by atoms with Crippen LogP contribution in [0, 0.1) is 13.8 Å². The molecule has 0 fully saturated rings. The molecule has 0 aliphatic carbocycles. The normalized spacial score (nSPS) is 10.2. The van der Waals surface area contributed by atoms with Crippen molar-refractivity contribution >= 4 is 27.5 Å². The molecule has 0 aliphatic rings. The highest BCUT2D eigenvalue weighted by molar-refractivity contribution is 9.10. The van der Waals surface area contributed by atoms with Crippen LogP contribution in [-0.4, -0.2) is 10.9 Å². The molecule has 0 saturated heterocycles. The van der Waals surface area contributed by atoms with Gasteiger partial charge in [0.15, 0.2) is 0 Å². The summed E-state index contributed by atoms with van der Waals surface area (Å²) in [6.45, 7) is 3.89. The number of pyridine rings is 1. The minimum atomic E-state index is -0.142. The summed E-state index contributed by atoms with van der Waals surface area (Å²) in [6.07, 6.45) is 3.25. The molecule has 2 rings (SSSR count). The summed E-state index contributed by atoms with van der Waals surface area (Å²) < 4.78 is 0.975. The molecule has 2 aromatic rings. The van der Waals surface area contributed by atoms with Crippen molar-refractivity contribution in [1.82, 2.24) is 4.98 Å². The third-order valence-electron chi connectivity index (χ3n) is 2.71. The van der Waals surface area contributed by atoms with Crippen LogP contribution in [0.2, 0.25) is 0 Å². The summed E-state index contributed by atoms with van der Waals surface area (Å²) in [5.74, 6) is -0.142. The first-order chi connectivity index (χ1) is 8.58. The van der Waals surface area contributed by atoms with E-state index in [-0.39, 0.29) is 5.91 Å². The zero-order valence-corrected chi connectivity index (χ0v) is 11.8. The Kier molecular flexibility index (Phi) is 3.77. The monoisotopic (exact) mass is 304 g/mol. The standard InChI is InChI=1S/C14H13BrN2O/c1-9-5-6-16-8-12(9)14(18)17-11-4-3-10(2)13(15)7-11/h3-8H,1-2H3,(H,17,18). The first-order valence-corrected chi connectivity index (χ1v) is 6.35. The molecule has 4 heteroatoms. The van der Waals surface area contributed by atoms with E-state index in [1.165, 1.54) is 0 Å². The lowest BCUT2D eigenvalue weighted by Gasteiger charge is -2.08. The van der Waals surface area contributed by atoms with Gasteiger partial charge in [-0.3, -0.25) is 9.78 Å². The number of aryl methyl sites for hydroxylation is 2. The van der Waals surface area contributed by atoms with Crippen LogP contribution in [0.4, 0.5) is 5.69 Å². The van der Waals surface area contributed by atoms with Gasteiger partial charge < -0.3 is 5.32 Å². The van der Waals surface area contributed by atoms with Gasteiger partial charge in [-0.25, -0.2) is 0 Å². The number of carbonyl (C=O) groups is 1. The van der Waals surface area contributed by atoms with E-state index in [0.717, 1.165) is 21.3 Å². The first kappa shape index (κ1) is 12.8. The van der Waals surface area contributed by atoms with Crippen molar-refractivity contribution < 1.29 is 4.79 Å². The molecule has 92 valence electrons. The Labute approximate surface area is 114 Å². The molecule has 0 bridgehead atoms. The van der Waals surface area contributed by atoms with Crippen LogP contribution in [0.15, 0.2) is 41.1 Å². The molecule has 3 nitrogen and oxygen atoms in total. The predicted molar refractivity (Wildman–Crippen MR) is 75.8 cm³/mol. The van der Waals surface area contributed by atoms with Gasteiger partial charge >= 0.3 is 0 Å². The van der Waals surface area contributed by atoms with Crippen molar-refractivity contribution in [2.24, 2.45) is 0 Å². The van der Waals surface area contributed by atoms with Crippen molar-refractivity contribution in [3.8, 4) is 0 Å². The smallest absolute Gasteiger partial charge is 0.257 e. The molecule has 1 N–H and O–H groups in total. The highest BCUT2D eigenvalue weighted by Crippen LogP contribution is 2.21. The summed E-state index contributed by atoms with van der Waals surface area (Å²) in [5.41, 5.74) is 3.40. The number of nitrogens with one attached hydrogen (secondary N) is 1. The van der Waals surface area contributed by atoms with E-state index in [2.05, 4.69) is 26.2 Å². The average Bonchev–Trinajstić information content (AvgIpc) is 2.34. The maximum absolute atomic E-state index is 12.1. The number of benzene rings is 1. The molecule has 0 saturated carbocycles. The van der Waals surface area contributed by atoms with Gasteiger partial charge in [0.1, 0.15) is 0 Å². The van der Waals surface area contributed by atoms with Crippen LogP contribution in [-0.2, 0) is 0 Å². The minimum Gasteiger partial charge on any atom is -0.322 e. The molecule has 1 amide bonds. The van der Waals surface area contributed by atoms with E-state index in [4.69, 9.17) is 0 Å². The molecule has 0 unspecified atom stereocenters. The Morgan fingerprint density at radius 3 is 2.67 bits per heavy atom. The number of aromatic nitrogens is 1. The summed E-state index contributed by atoms with van der Waals surface area (Å²) in [5, 5.41) is 2.86. The number of nitrogens with zero attached hydrogens (tertiary/aromatic N) is 1. The lowest BCUT2D eigenvalue weighted by molar-refractivity contribution is 0.102. The van der Waals surface area contributed by atoms with Crippen molar-refractivity contribution in [2.45, 2.75) is 13.8 Å². The number of hydrogen-bond donors (Lipinski definition) is 1. The summed E-state index contributed by atoms with van der Waals surface area (Å²) in [4.78, 5) is 16.0. The van der Waals surface area contributed by atoms with Crippen LogP contribution >= 0.6 is 15.9 Å². The Bertz CT molecular complexity index is 596. The van der Waals surface area contributed by atoms with Crippen molar-refractivity contribution in [3.63, 3.8) is 0 Å². The number of anilines is 1. The fourth-order valence-electron chi connectivity index (χ4n) is 1.57. The van der Waals surface area contributed by atoms with Crippen molar-refractivity contribution in [2.75, 3.05) is 5.32 Å². The SMILES string of the molecule is Cc1ccc(NC(=O)c2cnccc2C)cc1Br. The number of halogens is 1. The highest BCUT2D eigenvalue weighted by atomic mass is 79.9. The van der Waals surface area contributed by atoms with Gasteiger partial charge in [-0.15, -0.1) is 0 Å². The van der Waals surface area contributed by atoms with Crippen LogP contribution in [0.1, 0.15) is 21.5 Å². The summed E-state index contributed by atoms with van der Waals surface area (Å²) >= 11 is 3.44. The maximum atomic E-state index is 12.1. The van der Waals surface area contributed by atoms with E-state index in [0.29, 0.717) is 5.56 Å². The molecule has 0 radical (unpaired) electrons. The molecule has 1 aromatic heterocycles. The van der Waals surface area contributed by atoms with E-state index in [9.17, 15) is 4.79 Å². The number of amides is 1. The van der Waals surface area contributed by atoms with Crippen LogP contribution in [0.5, 0.6) is 0 Å². The van der Waals surface area contributed by atoms with Crippen LogP contribution in [0.25, 0.3) is 0 Å². The second kappa shape index (κ2) is 5.31. The van der Waals surface area contributed by atoms with Gasteiger partial charge in [0.25, 0.3) is 5.91 Å². The van der Waals surface area contributed by atoms with Crippen molar-refractivity contribution in [1.29, 1.82) is 0 Å². The molecule has 18 heavy (non-hydrogen) atoms. The molecule has 0 atom stereocenters. The van der Waals surface area contributed by atoms with E-state index >= 15 is 0 Å². The number of rotatable bonds is 2. The van der Waals surface area contributed by atoms with E-state index < -0.39 is 0 Å². The van der Waals surface area contributed by atoms with Crippen LogP contribution < -0.4 is 5.32 Å². The third-order valence-corrected chi connectivity index (χ3v) is 3.57. The molecule has 0 spiro atoms. The maximum Gasteiger partial charge on any atom is 0.257 e. The fraction of sp³-hybridized carbons (Fsp3) is 0.143. The average molecular weight is 305 g/mol. The molecular weight excluding hydrogens is 292 g/mol. The summed E-state index contributed by atoms with van der Waals surface area (Å²) in [7, 11) is 0. The Balaban J connectivity index is 2.22. The third kappa shape index (κ3) is 2.76. The van der Waals surface area contributed by atoms with Gasteiger partial charge in [0.2, 0.25) is 0 Å². The molecule has 1 aromatic carbocycles. The van der Waals surface area contributed by atoms with Gasteiger partial charge in [0.05, 0.1) is 5.56 Å². The Morgan fingerprint density at radius 1 is 1.22 bits per heavy atom. The van der Waals surface area contributed by atoms with E-state index in [1.54, 1.807) is 12.4 Å². The van der Waals surface area contributed by atoms with Gasteiger partial charge in [0, 0.05) is 22.6 Å². The minimum absolute atomic E-state index is 0.142. The Morgan fingerprint density at radius 2 is 2.00 bits per heavy atom. The zero-order chi connectivity index (χ0) is 13.1. The lowest BCUT2D eigenvalue weighted by atomic mass is 10.1. The van der Waals surface area contributed by atoms with Crippen molar-refractivity contribution in [3.05, 3.63) is 57.8 Å². The largest absolute Gasteiger partial charge is 0.322 e. The van der Waals surface area contributed by atoms with E-state index in [1.807, 2.05) is 38.1 Å². The number of hydrogen-bond acceptors (Lipinski definition) is 2. The quantitative estimate of drug-likeness (QED) is 0.919. The zero-order valence-electron chi connectivity index (χ0n) is 10.2. The van der Waals surface area contributed by atoms with Crippen LogP contribution in [0.3, 0.4) is 0 Å². The topological polar surface area (TPSA) is 42.0 Å². The second-order valence-corrected chi connectivity index (χ2v) is 4.96. The predicted octanol–water partition coefficient (Wildman–Crippen LogP) is 3.71. The summed E-state index contributed by atoms with van der Waals surface area (Å²) in [6, 6.07) is 7.54. The lowest BCUT2D eigenvalue weighted by Crippen LogP contribution is -2.13. The van der Waals surface area contributed by atoms with Gasteiger partial charge in [-0.05, 0) is 43.2 Å². The fourth-order valence-corrected chi connectivity index (χ4v) is 1.95. The van der Waals surface area contributed by atoms with Gasteiger partial charge in [-0.1, -0.05) is 22.0 Å².